The standard InChI is InChI=1S/C51H52O9/c1-51(52)47(35-54-31-36-15-7-3-8-16-36)60-48(49(58-33-38-19-11-5-12-20-38)50(51)59-34-39-21-13-6-14-22-39)42-29-41(27-40-23-24-43-46(28-40)56-26-25-55-43)44(53-2)30-45(42)57-32-37-17-9-4-10-18-37/h3-24,28-30,47-50,52H,25-27,31-35H2,1-2H3/t47-,48+,49+,50-,51?/m1/s1. The predicted octanol–water partition coefficient (Wildman–Crippen LogP) is 9.21. The molecule has 310 valence electrons. The molecule has 2 heterocycles. The van der Waals surface area contributed by atoms with Crippen LogP contribution in [0.25, 0.3) is 0 Å². The Balaban J connectivity index is 1.22. The van der Waals surface area contributed by atoms with Gasteiger partial charge in [0.1, 0.15) is 61.3 Å². The summed E-state index contributed by atoms with van der Waals surface area (Å²) in [6.07, 6.45) is -2.76. The molecule has 6 aromatic carbocycles. The predicted molar refractivity (Wildman–Crippen MR) is 228 cm³/mol. The number of hydrogen-bond donors (Lipinski definition) is 1. The Labute approximate surface area is 352 Å². The van der Waals surface area contributed by atoms with Crippen LogP contribution in [0.2, 0.25) is 0 Å². The van der Waals surface area contributed by atoms with Crippen molar-refractivity contribution in [1.82, 2.24) is 0 Å². The van der Waals surface area contributed by atoms with Crippen LogP contribution in [-0.4, -0.2) is 55.9 Å². The van der Waals surface area contributed by atoms with Gasteiger partial charge in [0.15, 0.2) is 11.5 Å². The minimum absolute atomic E-state index is 0.0927. The zero-order valence-electron chi connectivity index (χ0n) is 34.1. The van der Waals surface area contributed by atoms with Gasteiger partial charge < -0.3 is 43.0 Å². The highest BCUT2D eigenvalue weighted by Gasteiger charge is 2.55. The van der Waals surface area contributed by atoms with E-state index in [1.54, 1.807) is 14.0 Å². The Morgan fingerprint density at radius 3 is 1.78 bits per heavy atom. The molecular weight excluding hydrogens is 757 g/mol. The molecular formula is C51H52O9. The van der Waals surface area contributed by atoms with Crippen molar-refractivity contribution >= 4 is 0 Å². The number of rotatable bonds is 17. The van der Waals surface area contributed by atoms with Crippen molar-refractivity contribution < 1.29 is 43.0 Å². The van der Waals surface area contributed by atoms with Crippen molar-refractivity contribution in [2.24, 2.45) is 0 Å². The van der Waals surface area contributed by atoms with Gasteiger partial charge in [0.05, 0.1) is 33.5 Å². The van der Waals surface area contributed by atoms with Crippen LogP contribution >= 0.6 is 0 Å². The van der Waals surface area contributed by atoms with Gasteiger partial charge in [0.25, 0.3) is 0 Å². The molecule has 8 rings (SSSR count). The second kappa shape index (κ2) is 19.6. The molecule has 1 N–H and O–H groups in total. The van der Waals surface area contributed by atoms with E-state index in [0.29, 0.717) is 50.1 Å². The molecule has 0 bridgehead atoms. The maximum atomic E-state index is 12.7. The summed E-state index contributed by atoms with van der Waals surface area (Å²) in [6.45, 7) is 4.00. The highest BCUT2D eigenvalue weighted by molar-refractivity contribution is 5.52. The average molecular weight is 809 g/mol. The lowest BCUT2D eigenvalue weighted by Gasteiger charge is -2.50. The van der Waals surface area contributed by atoms with Crippen LogP contribution in [0.1, 0.15) is 52.0 Å². The van der Waals surface area contributed by atoms with Crippen LogP contribution in [0, 0.1) is 0 Å². The van der Waals surface area contributed by atoms with Crippen LogP contribution < -0.4 is 18.9 Å². The van der Waals surface area contributed by atoms with Gasteiger partial charge >= 0.3 is 0 Å². The van der Waals surface area contributed by atoms with E-state index in [1.165, 1.54) is 0 Å². The molecule has 0 radical (unpaired) electrons. The van der Waals surface area contributed by atoms with E-state index < -0.39 is 30.0 Å². The van der Waals surface area contributed by atoms with E-state index >= 15 is 0 Å². The van der Waals surface area contributed by atoms with Crippen molar-refractivity contribution in [2.45, 2.75) is 69.8 Å². The summed E-state index contributed by atoms with van der Waals surface area (Å²) < 4.78 is 51.7. The maximum absolute atomic E-state index is 12.7. The fourth-order valence-corrected chi connectivity index (χ4v) is 7.80. The Kier molecular flexibility index (Phi) is 13.4. The molecule has 0 spiro atoms. The first-order valence-corrected chi connectivity index (χ1v) is 20.5. The number of fused-ring (bicyclic) bond motifs is 1. The van der Waals surface area contributed by atoms with E-state index in [9.17, 15) is 5.11 Å². The average Bonchev–Trinajstić information content (AvgIpc) is 3.29. The summed E-state index contributed by atoms with van der Waals surface area (Å²) in [4.78, 5) is 0. The van der Waals surface area contributed by atoms with Crippen molar-refractivity contribution in [3.63, 3.8) is 0 Å². The van der Waals surface area contributed by atoms with Crippen LogP contribution in [-0.2, 0) is 51.8 Å². The summed E-state index contributed by atoms with van der Waals surface area (Å²) >= 11 is 0. The second-order valence-electron chi connectivity index (χ2n) is 15.4. The minimum atomic E-state index is -1.55. The maximum Gasteiger partial charge on any atom is 0.161 e. The van der Waals surface area contributed by atoms with Gasteiger partial charge in [-0.2, -0.15) is 0 Å². The van der Waals surface area contributed by atoms with E-state index in [-0.39, 0.29) is 19.8 Å². The van der Waals surface area contributed by atoms with Crippen molar-refractivity contribution in [3.8, 4) is 23.0 Å². The molecule has 1 saturated heterocycles. The number of aliphatic hydroxyl groups is 1. The van der Waals surface area contributed by atoms with Crippen LogP contribution in [0.5, 0.6) is 23.0 Å². The first-order chi connectivity index (χ1) is 29.4. The van der Waals surface area contributed by atoms with Crippen molar-refractivity contribution in [1.29, 1.82) is 0 Å². The molecule has 0 saturated carbocycles. The first kappa shape index (κ1) is 41.1. The summed E-state index contributed by atoms with van der Waals surface area (Å²) in [5, 5.41) is 12.7. The number of hydrogen-bond acceptors (Lipinski definition) is 9. The van der Waals surface area contributed by atoms with E-state index in [1.807, 2.05) is 146 Å². The molecule has 0 amide bonds. The summed E-state index contributed by atoms with van der Waals surface area (Å²) in [5.74, 6) is 2.66. The Hall–Kier alpha value is -5.68. The normalized spacial score (nSPS) is 21.0. The highest BCUT2D eigenvalue weighted by Crippen LogP contribution is 2.46. The van der Waals surface area contributed by atoms with Crippen LogP contribution in [0.15, 0.2) is 152 Å². The Morgan fingerprint density at radius 2 is 1.17 bits per heavy atom. The molecule has 9 heteroatoms. The van der Waals surface area contributed by atoms with E-state index in [0.717, 1.165) is 44.7 Å². The lowest BCUT2D eigenvalue weighted by atomic mass is 9.81. The first-order valence-electron chi connectivity index (χ1n) is 20.5. The fourth-order valence-electron chi connectivity index (χ4n) is 7.80. The largest absolute Gasteiger partial charge is 0.496 e. The fraction of sp³-hybridized carbons (Fsp3) is 0.294. The molecule has 0 aliphatic carbocycles. The SMILES string of the molecule is COc1cc(OCc2ccccc2)c([C@@H]2O[C@H](COCc3ccccc3)C(C)(O)[C@H](OCc3ccccc3)[C@H]2OCc2ccccc2)cc1Cc1ccc2c(c1)OCCO2. The Morgan fingerprint density at radius 1 is 0.600 bits per heavy atom. The van der Waals surface area contributed by atoms with Gasteiger partial charge in [-0.05, 0) is 58.5 Å². The summed E-state index contributed by atoms with van der Waals surface area (Å²) in [6, 6.07) is 49.9. The van der Waals surface area contributed by atoms with E-state index in [4.69, 9.17) is 37.9 Å². The molecule has 5 atom stereocenters. The van der Waals surface area contributed by atoms with Gasteiger partial charge in [-0.1, -0.05) is 127 Å². The van der Waals surface area contributed by atoms with Crippen LogP contribution in [0.3, 0.4) is 0 Å². The zero-order valence-corrected chi connectivity index (χ0v) is 34.1. The molecule has 60 heavy (non-hydrogen) atoms. The lowest BCUT2D eigenvalue weighted by molar-refractivity contribution is -0.298. The quantitative estimate of drug-likeness (QED) is 0.0969. The highest BCUT2D eigenvalue weighted by atomic mass is 16.6. The van der Waals surface area contributed by atoms with Gasteiger partial charge in [-0.3, -0.25) is 0 Å². The number of benzene rings is 6. The zero-order chi connectivity index (χ0) is 41.2. The summed E-state index contributed by atoms with van der Waals surface area (Å²) in [7, 11) is 1.66. The van der Waals surface area contributed by atoms with Crippen LogP contribution in [0.4, 0.5) is 0 Å². The molecule has 1 fully saturated rings. The molecule has 0 aromatic heterocycles. The third-order valence-corrected chi connectivity index (χ3v) is 11.0. The molecule has 1 unspecified atom stereocenters. The lowest BCUT2D eigenvalue weighted by Crippen LogP contribution is -2.64. The van der Waals surface area contributed by atoms with E-state index in [2.05, 4.69) is 6.07 Å². The second-order valence-corrected chi connectivity index (χ2v) is 15.4. The molecule has 2 aliphatic heterocycles. The number of ether oxygens (including phenoxy) is 8. The topological polar surface area (TPSA) is 94.1 Å². The Bertz CT molecular complexity index is 2250. The monoisotopic (exact) mass is 808 g/mol. The van der Waals surface area contributed by atoms with Gasteiger partial charge in [0.2, 0.25) is 0 Å². The molecule has 9 nitrogen and oxygen atoms in total. The van der Waals surface area contributed by atoms with Gasteiger partial charge in [-0.15, -0.1) is 0 Å². The minimum Gasteiger partial charge on any atom is -0.496 e. The van der Waals surface area contributed by atoms with Gasteiger partial charge in [-0.25, -0.2) is 0 Å². The summed E-state index contributed by atoms with van der Waals surface area (Å²) in [5.41, 5.74) is 5.06. The molecule has 6 aromatic rings. The smallest absolute Gasteiger partial charge is 0.161 e. The third kappa shape index (κ3) is 10.0. The third-order valence-electron chi connectivity index (χ3n) is 11.0. The van der Waals surface area contributed by atoms with Gasteiger partial charge in [0, 0.05) is 18.1 Å². The molecule has 2 aliphatic rings. The van der Waals surface area contributed by atoms with Crippen molar-refractivity contribution in [2.75, 3.05) is 26.9 Å². The van der Waals surface area contributed by atoms with Crippen molar-refractivity contribution in [3.05, 3.63) is 191 Å². The number of methoxy groups -OCH3 is 1.